The molecule has 0 fully saturated rings. The van der Waals surface area contributed by atoms with Gasteiger partial charge in [-0.1, -0.05) is 31.2 Å². The normalized spacial score (nSPS) is 12.2. The fourth-order valence-electron chi connectivity index (χ4n) is 2.42. The Balaban J connectivity index is 2.33. The summed E-state index contributed by atoms with van der Waals surface area (Å²) in [5.74, 6) is -1.68. The van der Waals surface area contributed by atoms with Crippen LogP contribution in [-0.4, -0.2) is 13.6 Å². The molecule has 2 rings (SSSR count). The van der Waals surface area contributed by atoms with Crippen LogP contribution in [0.4, 0.5) is 14.5 Å². The first kappa shape index (κ1) is 15.4. The maximum Gasteiger partial charge on any atom is 0.164 e. The molecule has 21 heavy (non-hydrogen) atoms. The SMILES string of the molecule is CCc1ccc(N(C)C(CN)c2cccc(F)c2F)cc1. The van der Waals surface area contributed by atoms with Gasteiger partial charge in [-0.25, -0.2) is 8.78 Å². The van der Waals surface area contributed by atoms with E-state index in [9.17, 15) is 8.78 Å². The Morgan fingerprint density at radius 1 is 1.10 bits per heavy atom. The molecule has 1 atom stereocenters. The number of likely N-dealkylation sites (N-methyl/N-ethyl adjacent to an activating group) is 1. The van der Waals surface area contributed by atoms with E-state index in [0.29, 0.717) is 0 Å². The number of anilines is 1. The second kappa shape index (κ2) is 6.68. The fourth-order valence-corrected chi connectivity index (χ4v) is 2.42. The molecule has 2 nitrogen and oxygen atoms in total. The van der Waals surface area contributed by atoms with Crippen LogP contribution >= 0.6 is 0 Å². The predicted octanol–water partition coefficient (Wildman–Crippen LogP) is 3.66. The molecular formula is C17H20F2N2. The van der Waals surface area contributed by atoms with Crippen LogP contribution < -0.4 is 10.6 Å². The van der Waals surface area contributed by atoms with E-state index in [0.717, 1.165) is 18.2 Å². The second-order valence-electron chi connectivity index (χ2n) is 5.03. The molecule has 0 aliphatic rings. The first-order valence-electron chi connectivity index (χ1n) is 7.04. The Hall–Kier alpha value is -1.94. The highest BCUT2D eigenvalue weighted by Crippen LogP contribution is 2.27. The van der Waals surface area contributed by atoms with Crippen LogP contribution in [0.2, 0.25) is 0 Å². The minimum absolute atomic E-state index is 0.201. The van der Waals surface area contributed by atoms with Gasteiger partial charge >= 0.3 is 0 Å². The van der Waals surface area contributed by atoms with E-state index in [1.54, 1.807) is 6.07 Å². The molecule has 2 aromatic rings. The van der Waals surface area contributed by atoms with E-state index in [2.05, 4.69) is 6.92 Å². The summed E-state index contributed by atoms with van der Waals surface area (Å²) in [4.78, 5) is 1.87. The fraction of sp³-hybridized carbons (Fsp3) is 0.294. The Bertz CT molecular complexity index is 596. The molecule has 4 heteroatoms. The summed E-state index contributed by atoms with van der Waals surface area (Å²) in [6, 6.07) is 11.8. The molecule has 0 saturated heterocycles. The lowest BCUT2D eigenvalue weighted by molar-refractivity contribution is 0.486. The van der Waals surface area contributed by atoms with Crippen molar-refractivity contribution in [3.63, 3.8) is 0 Å². The van der Waals surface area contributed by atoms with Crippen molar-refractivity contribution >= 4 is 5.69 Å². The van der Waals surface area contributed by atoms with E-state index in [1.807, 2.05) is 36.2 Å². The van der Waals surface area contributed by atoms with Crippen molar-refractivity contribution in [1.82, 2.24) is 0 Å². The van der Waals surface area contributed by atoms with Gasteiger partial charge in [0.15, 0.2) is 11.6 Å². The number of rotatable bonds is 5. The van der Waals surface area contributed by atoms with Crippen molar-refractivity contribution in [3.05, 3.63) is 65.2 Å². The third kappa shape index (κ3) is 3.22. The summed E-state index contributed by atoms with van der Waals surface area (Å²) < 4.78 is 27.4. The molecule has 2 N–H and O–H groups in total. The quantitative estimate of drug-likeness (QED) is 0.910. The van der Waals surface area contributed by atoms with Gasteiger partial charge in [0.05, 0.1) is 6.04 Å². The van der Waals surface area contributed by atoms with Crippen LogP contribution in [0, 0.1) is 11.6 Å². The lowest BCUT2D eigenvalue weighted by Crippen LogP contribution is -2.31. The number of aryl methyl sites for hydroxylation is 1. The van der Waals surface area contributed by atoms with E-state index in [4.69, 9.17) is 5.73 Å². The first-order valence-corrected chi connectivity index (χ1v) is 7.04. The lowest BCUT2D eigenvalue weighted by Gasteiger charge is -2.30. The highest BCUT2D eigenvalue weighted by Gasteiger charge is 2.21. The van der Waals surface area contributed by atoms with Gasteiger partial charge in [0.1, 0.15) is 0 Å². The molecule has 0 spiro atoms. The number of hydrogen-bond acceptors (Lipinski definition) is 2. The maximum atomic E-state index is 14.0. The second-order valence-corrected chi connectivity index (χ2v) is 5.03. The van der Waals surface area contributed by atoms with Gasteiger partial charge in [0, 0.05) is 24.8 Å². The van der Waals surface area contributed by atoms with Gasteiger partial charge in [-0.3, -0.25) is 0 Å². The van der Waals surface area contributed by atoms with Crippen molar-refractivity contribution in [2.75, 3.05) is 18.5 Å². The zero-order valence-electron chi connectivity index (χ0n) is 12.3. The van der Waals surface area contributed by atoms with Gasteiger partial charge in [-0.05, 0) is 30.2 Å². The Morgan fingerprint density at radius 2 is 1.76 bits per heavy atom. The molecule has 0 amide bonds. The van der Waals surface area contributed by atoms with Crippen molar-refractivity contribution < 1.29 is 8.78 Å². The van der Waals surface area contributed by atoms with Crippen molar-refractivity contribution in [1.29, 1.82) is 0 Å². The molecule has 0 heterocycles. The van der Waals surface area contributed by atoms with Crippen molar-refractivity contribution in [2.45, 2.75) is 19.4 Å². The van der Waals surface area contributed by atoms with Gasteiger partial charge in [-0.15, -0.1) is 0 Å². The third-order valence-corrected chi connectivity index (χ3v) is 3.78. The van der Waals surface area contributed by atoms with Crippen LogP contribution in [0.15, 0.2) is 42.5 Å². The number of halogens is 2. The molecule has 112 valence electrons. The van der Waals surface area contributed by atoms with Crippen LogP contribution in [0.25, 0.3) is 0 Å². The molecule has 0 saturated carbocycles. The Morgan fingerprint density at radius 3 is 2.33 bits per heavy atom. The molecule has 0 aliphatic heterocycles. The molecule has 0 aromatic heterocycles. The maximum absolute atomic E-state index is 14.0. The monoisotopic (exact) mass is 290 g/mol. The minimum Gasteiger partial charge on any atom is -0.366 e. The summed E-state index contributed by atoms with van der Waals surface area (Å²) >= 11 is 0. The average molecular weight is 290 g/mol. The van der Waals surface area contributed by atoms with Crippen molar-refractivity contribution in [3.8, 4) is 0 Å². The molecular weight excluding hydrogens is 270 g/mol. The van der Waals surface area contributed by atoms with Crippen LogP contribution in [-0.2, 0) is 6.42 Å². The van der Waals surface area contributed by atoms with Gasteiger partial charge in [0.2, 0.25) is 0 Å². The number of hydrogen-bond donors (Lipinski definition) is 1. The Labute approximate surface area is 124 Å². The summed E-state index contributed by atoms with van der Waals surface area (Å²) in [5, 5.41) is 0. The summed E-state index contributed by atoms with van der Waals surface area (Å²) in [7, 11) is 1.84. The van der Waals surface area contributed by atoms with Crippen LogP contribution in [0.5, 0.6) is 0 Å². The summed E-state index contributed by atoms with van der Waals surface area (Å²) in [6.45, 7) is 2.29. The van der Waals surface area contributed by atoms with Crippen molar-refractivity contribution in [2.24, 2.45) is 5.73 Å². The molecule has 0 radical (unpaired) electrons. The smallest absolute Gasteiger partial charge is 0.164 e. The first-order chi connectivity index (χ1) is 10.1. The molecule has 2 aromatic carbocycles. The number of nitrogens with two attached hydrogens (primary N) is 1. The largest absolute Gasteiger partial charge is 0.366 e. The number of nitrogens with zero attached hydrogens (tertiary/aromatic N) is 1. The third-order valence-electron chi connectivity index (χ3n) is 3.78. The van der Waals surface area contributed by atoms with E-state index >= 15 is 0 Å². The van der Waals surface area contributed by atoms with E-state index in [-0.39, 0.29) is 12.1 Å². The van der Waals surface area contributed by atoms with Crippen LogP contribution in [0.3, 0.4) is 0 Å². The molecule has 0 bridgehead atoms. The highest BCUT2D eigenvalue weighted by atomic mass is 19.2. The topological polar surface area (TPSA) is 29.3 Å². The standard InChI is InChI=1S/C17H20F2N2/c1-3-12-7-9-13(10-8-12)21(2)16(11-20)14-5-4-6-15(18)17(14)19/h4-10,16H,3,11,20H2,1-2H3. The highest BCUT2D eigenvalue weighted by molar-refractivity contribution is 5.49. The van der Waals surface area contributed by atoms with Gasteiger partial charge in [0.25, 0.3) is 0 Å². The average Bonchev–Trinajstić information content (AvgIpc) is 2.52. The Kier molecular flexibility index (Phi) is 4.91. The summed E-state index contributed by atoms with van der Waals surface area (Å²) in [6.07, 6.45) is 0.961. The van der Waals surface area contributed by atoms with E-state index < -0.39 is 17.7 Å². The minimum atomic E-state index is -0.847. The zero-order chi connectivity index (χ0) is 15.4. The molecule has 0 aliphatic carbocycles. The van der Waals surface area contributed by atoms with Gasteiger partial charge < -0.3 is 10.6 Å². The zero-order valence-corrected chi connectivity index (χ0v) is 12.3. The molecule has 1 unspecified atom stereocenters. The van der Waals surface area contributed by atoms with Gasteiger partial charge in [-0.2, -0.15) is 0 Å². The van der Waals surface area contributed by atoms with E-state index in [1.165, 1.54) is 11.6 Å². The van der Waals surface area contributed by atoms with Crippen LogP contribution in [0.1, 0.15) is 24.1 Å². The predicted molar refractivity (Wildman–Crippen MR) is 82.4 cm³/mol. The summed E-state index contributed by atoms with van der Waals surface area (Å²) in [5.41, 5.74) is 8.22. The lowest BCUT2D eigenvalue weighted by atomic mass is 10.0. The number of benzene rings is 2.